The third-order valence-electron chi connectivity index (χ3n) is 4.54. The Bertz CT molecular complexity index is 1170. The van der Waals surface area contributed by atoms with E-state index in [0.29, 0.717) is 33.8 Å². The maximum Gasteiger partial charge on any atom is 0.315 e. The van der Waals surface area contributed by atoms with E-state index in [2.05, 4.69) is 0 Å². The van der Waals surface area contributed by atoms with E-state index < -0.39 is 27.5 Å². The van der Waals surface area contributed by atoms with Crippen molar-refractivity contribution in [3.8, 4) is 23.0 Å². The topological polar surface area (TPSA) is 128 Å². The van der Waals surface area contributed by atoms with E-state index >= 15 is 0 Å². The van der Waals surface area contributed by atoms with Crippen LogP contribution in [0.1, 0.15) is 11.1 Å². The number of methoxy groups -OCH3 is 1. The summed E-state index contributed by atoms with van der Waals surface area (Å²) in [5.74, 6) is -0.406. The molecular weight excluding hydrogens is 452 g/mol. The highest BCUT2D eigenvalue weighted by Crippen LogP contribution is 2.41. The smallest absolute Gasteiger partial charge is 0.315 e. The largest absolute Gasteiger partial charge is 0.500 e. The van der Waals surface area contributed by atoms with Crippen LogP contribution in [0.2, 0.25) is 5.02 Å². The first-order valence-corrected chi connectivity index (χ1v) is 9.86. The van der Waals surface area contributed by atoms with Gasteiger partial charge < -0.3 is 19.3 Å². The van der Waals surface area contributed by atoms with Crippen LogP contribution in [0.15, 0.2) is 29.2 Å². The molecule has 0 aliphatic carbocycles. The first-order valence-electron chi connectivity index (χ1n) is 8.67. The predicted octanol–water partition coefficient (Wildman–Crippen LogP) is 3.93. The van der Waals surface area contributed by atoms with Crippen LogP contribution in [0.5, 0.6) is 23.0 Å². The van der Waals surface area contributed by atoms with Gasteiger partial charge in [0.25, 0.3) is 11.1 Å². The second-order valence-electron chi connectivity index (χ2n) is 6.41. The lowest BCUT2D eigenvalue weighted by Gasteiger charge is -2.14. The number of hydrogen-bond donors (Lipinski definition) is 1. The van der Waals surface area contributed by atoms with Crippen molar-refractivity contribution in [3.05, 3.63) is 55.4 Å². The van der Waals surface area contributed by atoms with Crippen LogP contribution < -0.4 is 14.2 Å². The Morgan fingerprint density at radius 1 is 1.29 bits per heavy atom. The fourth-order valence-corrected chi connectivity index (χ4v) is 4.08. The molecule has 160 valence electrons. The first-order chi connectivity index (χ1) is 14.8. The molecule has 10 nitrogen and oxygen atoms in total. The van der Waals surface area contributed by atoms with Gasteiger partial charge in [0.15, 0.2) is 17.2 Å². The highest BCUT2D eigenvalue weighted by Gasteiger charge is 2.36. The summed E-state index contributed by atoms with van der Waals surface area (Å²) in [6.07, 6.45) is 1.32. The predicted molar refractivity (Wildman–Crippen MR) is 110 cm³/mol. The molecular formula is C19H13ClN2O8S. The molecule has 0 bridgehead atoms. The van der Waals surface area contributed by atoms with Crippen LogP contribution in [0.3, 0.4) is 0 Å². The quantitative estimate of drug-likeness (QED) is 0.397. The number of carbonyl (C=O) groups is 2. The zero-order chi connectivity index (χ0) is 22.3. The minimum Gasteiger partial charge on any atom is -0.500 e. The molecule has 0 saturated carbocycles. The third-order valence-corrected chi connectivity index (χ3v) is 5.79. The molecule has 2 aliphatic rings. The van der Waals surface area contributed by atoms with Crippen molar-refractivity contribution in [2.75, 3.05) is 13.9 Å². The van der Waals surface area contributed by atoms with Gasteiger partial charge in [-0.25, -0.2) is 0 Å². The zero-order valence-corrected chi connectivity index (χ0v) is 17.4. The SMILES string of the molecule is COc1cc(/C=C2/SC(=O)N(Cc3cc4c(cc3Cl)OCO4)C2=O)cc([N+](=O)[O-])c1O. The molecule has 12 heteroatoms. The molecule has 4 rings (SSSR count). The number of ether oxygens (including phenoxy) is 3. The summed E-state index contributed by atoms with van der Waals surface area (Å²) in [5, 5.41) is 20.8. The lowest BCUT2D eigenvalue weighted by atomic mass is 10.1. The van der Waals surface area contributed by atoms with Gasteiger partial charge >= 0.3 is 5.69 Å². The number of thioether (sulfide) groups is 1. The number of fused-ring (bicyclic) bond motifs is 1. The molecule has 2 heterocycles. The average Bonchev–Trinajstić information content (AvgIpc) is 3.28. The van der Waals surface area contributed by atoms with Gasteiger partial charge in [0, 0.05) is 17.2 Å². The number of phenolic OH excluding ortho intramolecular Hbond substituents is 1. The molecule has 0 radical (unpaired) electrons. The van der Waals surface area contributed by atoms with Gasteiger partial charge in [-0.2, -0.15) is 0 Å². The second-order valence-corrected chi connectivity index (χ2v) is 7.81. The van der Waals surface area contributed by atoms with E-state index in [1.54, 1.807) is 12.1 Å². The monoisotopic (exact) mass is 464 g/mol. The molecule has 2 amide bonds. The van der Waals surface area contributed by atoms with E-state index in [0.717, 1.165) is 11.0 Å². The average molecular weight is 465 g/mol. The van der Waals surface area contributed by atoms with Gasteiger partial charge in [-0.05, 0) is 41.1 Å². The zero-order valence-electron chi connectivity index (χ0n) is 15.8. The fraction of sp³-hybridized carbons (Fsp3) is 0.158. The van der Waals surface area contributed by atoms with Crippen LogP contribution in [0.25, 0.3) is 6.08 Å². The highest BCUT2D eigenvalue weighted by atomic mass is 35.5. The summed E-state index contributed by atoms with van der Waals surface area (Å²) in [4.78, 5) is 36.7. The number of aromatic hydroxyl groups is 1. The van der Waals surface area contributed by atoms with Crippen LogP contribution >= 0.6 is 23.4 Å². The van der Waals surface area contributed by atoms with Gasteiger partial charge in [-0.15, -0.1) is 0 Å². The Morgan fingerprint density at radius 3 is 2.68 bits per heavy atom. The Kier molecular flexibility index (Phi) is 5.38. The molecule has 1 N–H and O–H groups in total. The number of carbonyl (C=O) groups excluding carboxylic acids is 2. The number of amides is 2. The highest BCUT2D eigenvalue weighted by molar-refractivity contribution is 8.18. The number of rotatable bonds is 5. The Morgan fingerprint density at radius 2 is 2.00 bits per heavy atom. The van der Waals surface area contributed by atoms with Gasteiger partial charge in [0.05, 0.1) is 23.5 Å². The Balaban J connectivity index is 1.63. The molecule has 0 atom stereocenters. The maximum atomic E-state index is 12.8. The lowest BCUT2D eigenvalue weighted by molar-refractivity contribution is -0.386. The lowest BCUT2D eigenvalue weighted by Crippen LogP contribution is -2.27. The summed E-state index contributed by atoms with van der Waals surface area (Å²) in [6.45, 7) is -0.0296. The summed E-state index contributed by atoms with van der Waals surface area (Å²) in [6, 6.07) is 5.56. The molecule has 2 aliphatic heterocycles. The molecule has 2 aromatic rings. The van der Waals surface area contributed by atoms with Gasteiger partial charge in [-0.3, -0.25) is 24.6 Å². The maximum absolute atomic E-state index is 12.8. The van der Waals surface area contributed by atoms with Crippen molar-refractivity contribution in [2.24, 2.45) is 0 Å². The van der Waals surface area contributed by atoms with E-state index in [-0.39, 0.29) is 29.6 Å². The van der Waals surface area contributed by atoms with Gasteiger partial charge in [0.2, 0.25) is 12.5 Å². The normalized spacial score (nSPS) is 16.3. The minimum absolute atomic E-state index is 0.0572. The number of hydrogen-bond acceptors (Lipinski definition) is 9. The van der Waals surface area contributed by atoms with Gasteiger partial charge in [0.1, 0.15) is 0 Å². The van der Waals surface area contributed by atoms with Gasteiger partial charge in [-0.1, -0.05) is 11.6 Å². The second kappa shape index (κ2) is 8.00. The number of nitro groups is 1. The van der Waals surface area contributed by atoms with Crippen molar-refractivity contribution >= 4 is 46.3 Å². The number of halogens is 1. The number of phenols is 1. The Labute approximate surface area is 184 Å². The van der Waals surface area contributed by atoms with E-state index in [9.17, 15) is 24.8 Å². The van der Waals surface area contributed by atoms with Crippen molar-refractivity contribution in [2.45, 2.75) is 6.54 Å². The fourth-order valence-electron chi connectivity index (χ4n) is 3.03. The van der Waals surface area contributed by atoms with Crippen LogP contribution in [0, 0.1) is 10.1 Å². The molecule has 0 unspecified atom stereocenters. The van der Waals surface area contributed by atoms with Crippen LogP contribution in [-0.4, -0.2) is 40.0 Å². The van der Waals surface area contributed by atoms with Crippen molar-refractivity contribution < 1.29 is 33.8 Å². The number of imide groups is 1. The van der Waals surface area contributed by atoms with E-state index in [1.165, 1.54) is 19.3 Å². The minimum atomic E-state index is -0.775. The van der Waals surface area contributed by atoms with Crippen LogP contribution in [-0.2, 0) is 11.3 Å². The van der Waals surface area contributed by atoms with Crippen molar-refractivity contribution in [1.29, 1.82) is 0 Å². The molecule has 31 heavy (non-hydrogen) atoms. The molecule has 0 aromatic heterocycles. The molecule has 1 saturated heterocycles. The van der Waals surface area contributed by atoms with E-state index in [1.807, 2.05) is 0 Å². The van der Waals surface area contributed by atoms with E-state index in [4.69, 9.17) is 25.8 Å². The van der Waals surface area contributed by atoms with Crippen LogP contribution in [0.4, 0.5) is 10.5 Å². The Hall–Kier alpha value is -3.44. The molecule has 1 fully saturated rings. The molecule has 0 spiro atoms. The summed E-state index contributed by atoms with van der Waals surface area (Å²) in [5.41, 5.74) is 0.126. The number of nitro benzene ring substituents is 1. The summed E-state index contributed by atoms with van der Waals surface area (Å²) >= 11 is 6.92. The van der Waals surface area contributed by atoms with Crippen molar-refractivity contribution in [3.63, 3.8) is 0 Å². The summed E-state index contributed by atoms with van der Waals surface area (Å²) in [7, 11) is 1.24. The summed E-state index contributed by atoms with van der Waals surface area (Å²) < 4.78 is 15.5. The standard InChI is InChI=1S/C19H13ClN2O8S/c1-28-15-3-9(2-12(17(15)23)22(26)27)4-16-18(24)21(19(25)31-16)7-10-5-13-14(6-11(10)20)30-8-29-13/h2-6,23H,7-8H2,1H3/b16-4+. The first kappa shape index (κ1) is 20.8. The molecule has 2 aromatic carbocycles. The number of benzene rings is 2. The number of nitrogens with zero attached hydrogens (tertiary/aromatic N) is 2. The third kappa shape index (κ3) is 3.84. The van der Waals surface area contributed by atoms with Crippen molar-refractivity contribution in [1.82, 2.24) is 4.90 Å².